The van der Waals surface area contributed by atoms with Crippen molar-refractivity contribution < 1.29 is 4.74 Å². The van der Waals surface area contributed by atoms with Crippen LogP contribution in [0, 0.1) is 11.3 Å². The molecular weight excluding hydrogens is 260 g/mol. The number of hydrogen-bond acceptors (Lipinski definition) is 2. The van der Waals surface area contributed by atoms with Crippen LogP contribution in [0.1, 0.15) is 16.8 Å². The lowest BCUT2D eigenvalue weighted by atomic mass is 10.1. The standard InChI is InChI=1S/C18H14N2O/c1-21-17-8-9-18-15(11-17)10-16(20-18)7-6-13-4-2-3-5-14(13)12-19/h2-11,20H,1H3. The molecule has 3 nitrogen and oxygen atoms in total. The number of nitriles is 1. The predicted molar refractivity (Wildman–Crippen MR) is 84.9 cm³/mol. The second-order valence-electron chi connectivity index (χ2n) is 4.71. The molecule has 0 unspecified atom stereocenters. The predicted octanol–water partition coefficient (Wildman–Crippen LogP) is 4.22. The summed E-state index contributed by atoms with van der Waals surface area (Å²) in [4.78, 5) is 3.33. The van der Waals surface area contributed by atoms with Gasteiger partial charge in [0, 0.05) is 16.6 Å². The third kappa shape index (κ3) is 2.65. The highest BCUT2D eigenvalue weighted by atomic mass is 16.5. The third-order valence-electron chi connectivity index (χ3n) is 3.37. The summed E-state index contributed by atoms with van der Waals surface area (Å²) < 4.78 is 5.22. The van der Waals surface area contributed by atoms with Crippen LogP contribution < -0.4 is 4.74 Å². The molecule has 0 bridgehead atoms. The maximum absolute atomic E-state index is 9.08. The van der Waals surface area contributed by atoms with E-state index in [1.165, 1.54) is 0 Å². The summed E-state index contributed by atoms with van der Waals surface area (Å²) in [6.07, 6.45) is 3.92. The van der Waals surface area contributed by atoms with Crippen molar-refractivity contribution in [1.29, 1.82) is 5.26 Å². The fraction of sp³-hybridized carbons (Fsp3) is 0.0556. The van der Waals surface area contributed by atoms with Gasteiger partial charge in [-0.2, -0.15) is 5.26 Å². The number of nitrogens with one attached hydrogen (secondary N) is 1. The highest BCUT2D eigenvalue weighted by Gasteiger charge is 2.01. The normalized spacial score (nSPS) is 10.9. The van der Waals surface area contributed by atoms with Crippen LogP contribution in [0.25, 0.3) is 23.1 Å². The van der Waals surface area contributed by atoms with Gasteiger partial charge in [0.2, 0.25) is 0 Å². The van der Waals surface area contributed by atoms with Gasteiger partial charge in [0.1, 0.15) is 5.75 Å². The Bertz CT molecular complexity index is 853. The summed E-state index contributed by atoms with van der Waals surface area (Å²) in [6, 6.07) is 17.7. The van der Waals surface area contributed by atoms with Gasteiger partial charge in [-0.25, -0.2) is 0 Å². The van der Waals surface area contributed by atoms with Crippen LogP contribution in [0.15, 0.2) is 48.5 Å². The van der Waals surface area contributed by atoms with E-state index in [0.29, 0.717) is 5.56 Å². The number of methoxy groups -OCH3 is 1. The second-order valence-corrected chi connectivity index (χ2v) is 4.71. The van der Waals surface area contributed by atoms with Crippen LogP contribution >= 0.6 is 0 Å². The second kappa shape index (κ2) is 5.56. The largest absolute Gasteiger partial charge is 0.497 e. The number of fused-ring (bicyclic) bond motifs is 1. The summed E-state index contributed by atoms with van der Waals surface area (Å²) >= 11 is 0. The van der Waals surface area contributed by atoms with Crippen LogP contribution in [0.2, 0.25) is 0 Å². The van der Waals surface area contributed by atoms with Crippen molar-refractivity contribution in [3.63, 3.8) is 0 Å². The van der Waals surface area contributed by atoms with E-state index in [2.05, 4.69) is 17.1 Å². The van der Waals surface area contributed by atoms with E-state index in [4.69, 9.17) is 10.00 Å². The number of ether oxygens (including phenoxy) is 1. The molecule has 102 valence electrons. The van der Waals surface area contributed by atoms with Crippen molar-refractivity contribution in [1.82, 2.24) is 4.98 Å². The van der Waals surface area contributed by atoms with Gasteiger partial charge in [0.05, 0.1) is 18.7 Å². The van der Waals surface area contributed by atoms with Gasteiger partial charge >= 0.3 is 0 Å². The molecule has 1 aromatic heterocycles. The first-order valence-corrected chi connectivity index (χ1v) is 6.64. The van der Waals surface area contributed by atoms with E-state index in [0.717, 1.165) is 27.9 Å². The van der Waals surface area contributed by atoms with Crippen molar-refractivity contribution in [3.8, 4) is 11.8 Å². The van der Waals surface area contributed by atoms with Gasteiger partial charge < -0.3 is 9.72 Å². The summed E-state index contributed by atoms with van der Waals surface area (Å²) in [5, 5.41) is 10.2. The highest BCUT2D eigenvalue weighted by molar-refractivity contribution is 5.85. The maximum Gasteiger partial charge on any atom is 0.119 e. The minimum atomic E-state index is 0.673. The van der Waals surface area contributed by atoms with Gasteiger partial charge in [0.15, 0.2) is 0 Å². The molecule has 0 saturated heterocycles. The Labute approximate surface area is 123 Å². The number of aromatic amines is 1. The van der Waals surface area contributed by atoms with Gasteiger partial charge in [-0.1, -0.05) is 24.3 Å². The molecular formula is C18H14N2O. The molecule has 0 saturated carbocycles. The maximum atomic E-state index is 9.08. The summed E-state index contributed by atoms with van der Waals surface area (Å²) in [5.41, 5.74) is 3.64. The average molecular weight is 274 g/mol. The van der Waals surface area contributed by atoms with E-state index >= 15 is 0 Å². The summed E-state index contributed by atoms with van der Waals surface area (Å²) in [5.74, 6) is 0.840. The van der Waals surface area contributed by atoms with Crippen LogP contribution in [-0.4, -0.2) is 12.1 Å². The van der Waals surface area contributed by atoms with Crippen molar-refractivity contribution in [2.45, 2.75) is 0 Å². The van der Waals surface area contributed by atoms with E-state index < -0.39 is 0 Å². The Morgan fingerprint density at radius 3 is 2.76 bits per heavy atom. The molecule has 0 fully saturated rings. The number of aromatic nitrogens is 1. The van der Waals surface area contributed by atoms with E-state index in [9.17, 15) is 0 Å². The zero-order chi connectivity index (χ0) is 14.7. The highest BCUT2D eigenvalue weighted by Crippen LogP contribution is 2.22. The minimum absolute atomic E-state index is 0.673. The van der Waals surface area contributed by atoms with E-state index in [1.54, 1.807) is 7.11 Å². The molecule has 0 amide bonds. The van der Waals surface area contributed by atoms with Gasteiger partial charge in [-0.3, -0.25) is 0 Å². The Kier molecular flexibility index (Phi) is 3.44. The van der Waals surface area contributed by atoms with Gasteiger partial charge in [0.25, 0.3) is 0 Å². The SMILES string of the molecule is COc1ccc2[nH]c(C=Cc3ccccc3C#N)cc2c1. The Morgan fingerprint density at radius 2 is 1.95 bits per heavy atom. The molecule has 0 aliphatic heterocycles. The Morgan fingerprint density at radius 1 is 1.10 bits per heavy atom. The topological polar surface area (TPSA) is 48.8 Å². The van der Waals surface area contributed by atoms with Crippen molar-refractivity contribution >= 4 is 23.1 Å². The lowest BCUT2D eigenvalue weighted by Crippen LogP contribution is -1.80. The lowest BCUT2D eigenvalue weighted by molar-refractivity contribution is 0.415. The molecule has 3 aromatic rings. The Hall–Kier alpha value is -2.99. The first kappa shape index (κ1) is 13.0. The lowest BCUT2D eigenvalue weighted by Gasteiger charge is -1.97. The number of rotatable bonds is 3. The minimum Gasteiger partial charge on any atom is -0.497 e. The van der Waals surface area contributed by atoms with Gasteiger partial charge in [-0.05, 0) is 42.0 Å². The molecule has 1 N–H and O–H groups in total. The number of H-pyrrole nitrogens is 1. The molecule has 0 aliphatic carbocycles. The number of nitrogens with zero attached hydrogens (tertiary/aromatic N) is 1. The zero-order valence-electron chi connectivity index (χ0n) is 11.6. The quantitative estimate of drug-likeness (QED) is 0.777. The van der Waals surface area contributed by atoms with Crippen molar-refractivity contribution in [2.24, 2.45) is 0 Å². The van der Waals surface area contributed by atoms with Crippen LogP contribution in [0.5, 0.6) is 5.75 Å². The van der Waals surface area contributed by atoms with Crippen LogP contribution in [0.3, 0.4) is 0 Å². The van der Waals surface area contributed by atoms with E-state index in [1.807, 2.05) is 54.6 Å². The van der Waals surface area contributed by atoms with E-state index in [-0.39, 0.29) is 0 Å². The first-order chi connectivity index (χ1) is 10.3. The average Bonchev–Trinajstić information content (AvgIpc) is 2.94. The van der Waals surface area contributed by atoms with Crippen LogP contribution in [-0.2, 0) is 0 Å². The summed E-state index contributed by atoms with van der Waals surface area (Å²) in [6.45, 7) is 0. The molecule has 0 radical (unpaired) electrons. The number of hydrogen-bond donors (Lipinski definition) is 1. The number of benzene rings is 2. The Balaban J connectivity index is 1.94. The molecule has 1 heterocycles. The van der Waals surface area contributed by atoms with Gasteiger partial charge in [-0.15, -0.1) is 0 Å². The molecule has 21 heavy (non-hydrogen) atoms. The smallest absolute Gasteiger partial charge is 0.119 e. The fourth-order valence-corrected chi connectivity index (χ4v) is 2.27. The molecule has 0 aliphatic rings. The molecule has 0 atom stereocenters. The molecule has 2 aromatic carbocycles. The van der Waals surface area contributed by atoms with Crippen LogP contribution in [0.4, 0.5) is 0 Å². The third-order valence-corrected chi connectivity index (χ3v) is 3.37. The first-order valence-electron chi connectivity index (χ1n) is 6.64. The monoisotopic (exact) mass is 274 g/mol. The zero-order valence-corrected chi connectivity index (χ0v) is 11.6. The molecule has 0 spiro atoms. The van der Waals surface area contributed by atoms with Crippen molar-refractivity contribution in [2.75, 3.05) is 7.11 Å². The van der Waals surface area contributed by atoms with Crippen molar-refractivity contribution in [3.05, 3.63) is 65.4 Å². The molecule has 3 rings (SSSR count). The fourth-order valence-electron chi connectivity index (χ4n) is 2.27. The summed E-state index contributed by atoms with van der Waals surface area (Å²) in [7, 11) is 1.66. The molecule has 3 heteroatoms.